The molecule has 34 heavy (non-hydrogen) atoms. The van der Waals surface area contributed by atoms with Crippen LogP contribution in [-0.4, -0.2) is 53.2 Å². The molecular formula is C25H29N3O6. The summed E-state index contributed by atoms with van der Waals surface area (Å²) < 4.78 is 0. The van der Waals surface area contributed by atoms with E-state index in [4.69, 9.17) is 0 Å². The number of amides is 3. The first kappa shape index (κ1) is 26.2. The first-order chi connectivity index (χ1) is 16.2. The number of Topliss-reactive ketones (excluding diaryl/α,β-unsaturated/α-hetero) is 1. The highest BCUT2D eigenvalue weighted by atomic mass is 16.4. The fourth-order valence-electron chi connectivity index (χ4n) is 3.24. The second kappa shape index (κ2) is 12.9. The number of hydrogen-bond acceptors (Lipinski definition) is 5. The monoisotopic (exact) mass is 467 g/mol. The van der Waals surface area contributed by atoms with Gasteiger partial charge in [-0.1, -0.05) is 62.4 Å². The topological polar surface area (TPSA) is 142 Å². The highest BCUT2D eigenvalue weighted by Gasteiger charge is 2.30. The van der Waals surface area contributed by atoms with Gasteiger partial charge in [-0.25, -0.2) is 4.79 Å². The molecular weight excluding hydrogens is 438 g/mol. The third-order valence-corrected chi connectivity index (χ3v) is 4.91. The Labute approximate surface area is 197 Å². The van der Waals surface area contributed by atoms with E-state index in [0.717, 1.165) is 0 Å². The highest BCUT2D eigenvalue weighted by molar-refractivity contribution is 6.38. The Morgan fingerprint density at radius 2 is 1.41 bits per heavy atom. The number of carbonyl (C=O) groups excluding carboxylic acids is 4. The predicted octanol–water partition coefficient (Wildman–Crippen LogP) is 1.33. The lowest BCUT2D eigenvalue weighted by molar-refractivity contribution is -0.145. The first-order valence-corrected chi connectivity index (χ1v) is 10.9. The second-order valence-electron chi connectivity index (χ2n) is 8.22. The number of ketones is 1. The fourth-order valence-corrected chi connectivity index (χ4v) is 3.24. The maximum absolute atomic E-state index is 12.9. The van der Waals surface area contributed by atoms with Crippen LogP contribution in [0.15, 0.2) is 60.7 Å². The van der Waals surface area contributed by atoms with Gasteiger partial charge in [-0.3, -0.25) is 19.2 Å². The molecule has 0 aliphatic rings. The van der Waals surface area contributed by atoms with Gasteiger partial charge in [-0.15, -0.1) is 0 Å². The number of carboxylic acid groups (broad SMARTS) is 1. The largest absolute Gasteiger partial charge is 0.480 e. The van der Waals surface area contributed by atoms with Gasteiger partial charge in [0.1, 0.15) is 12.1 Å². The zero-order valence-electron chi connectivity index (χ0n) is 19.1. The van der Waals surface area contributed by atoms with Crippen molar-refractivity contribution in [2.75, 3.05) is 6.54 Å². The molecule has 0 radical (unpaired) electrons. The van der Waals surface area contributed by atoms with Crippen molar-refractivity contribution in [2.45, 2.75) is 38.8 Å². The van der Waals surface area contributed by atoms with Crippen molar-refractivity contribution in [1.29, 1.82) is 0 Å². The third kappa shape index (κ3) is 8.50. The molecule has 2 aromatic carbocycles. The summed E-state index contributed by atoms with van der Waals surface area (Å²) in [6.07, 6.45) is 0.170. The average Bonchev–Trinajstić information content (AvgIpc) is 2.82. The molecule has 0 saturated carbocycles. The van der Waals surface area contributed by atoms with Crippen molar-refractivity contribution in [3.05, 3.63) is 71.8 Å². The molecule has 9 heteroatoms. The van der Waals surface area contributed by atoms with Crippen molar-refractivity contribution < 1.29 is 29.1 Å². The maximum Gasteiger partial charge on any atom is 0.326 e. The van der Waals surface area contributed by atoms with Crippen LogP contribution in [0.5, 0.6) is 0 Å². The van der Waals surface area contributed by atoms with Gasteiger partial charge in [-0.05, 0) is 30.0 Å². The summed E-state index contributed by atoms with van der Waals surface area (Å²) in [6.45, 7) is 3.19. The predicted molar refractivity (Wildman–Crippen MR) is 125 cm³/mol. The Hall–Kier alpha value is -4.01. The lowest BCUT2D eigenvalue weighted by atomic mass is 10.00. The minimum Gasteiger partial charge on any atom is -0.480 e. The zero-order chi connectivity index (χ0) is 25.1. The molecule has 0 heterocycles. The van der Waals surface area contributed by atoms with Crippen LogP contribution in [0.4, 0.5) is 0 Å². The molecule has 0 spiro atoms. The molecule has 9 nitrogen and oxygen atoms in total. The van der Waals surface area contributed by atoms with Gasteiger partial charge in [0.2, 0.25) is 11.7 Å². The van der Waals surface area contributed by atoms with E-state index in [-0.39, 0.29) is 18.8 Å². The molecule has 0 fully saturated rings. The van der Waals surface area contributed by atoms with Gasteiger partial charge in [0.15, 0.2) is 0 Å². The van der Waals surface area contributed by atoms with Crippen LogP contribution in [0.25, 0.3) is 0 Å². The maximum atomic E-state index is 12.9. The van der Waals surface area contributed by atoms with E-state index in [9.17, 15) is 29.1 Å². The third-order valence-electron chi connectivity index (χ3n) is 4.91. The van der Waals surface area contributed by atoms with E-state index in [1.54, 1.807) is 74.5 Å². The smallest absolute Gasteiger partial charge is 0.326 e. The summed E-state index contributed by atoms with van der Waals surface area (Å²) in [7, 11) is 0. The van der Waals surface area contributed by atoms with Gasteiger partial charge in [-0.2, -0.15) is 0 Å². The number of hydrogen-bond donors (Lipinski definition) is 4. The zero-order valence-corrected chi connectivity index (χ0v) is 19.1. The quantitative estimate of drug-likeness (QED) is 0.347. The van der Waals surface area contributed by atoms with Crippen LogP contribution >= 0.6 is 0 Å². The normalized spacial score (nSPS) is 12.3. The van der Waals surface area contributed by atoms with E-state index in [0.29, 0.717) is 11.1 Å². The van der Waals surface area contributed by atoms with Crippen molar-refractivity contribution in [2.24, 2.45) is 5.92 Å². The molecule has 2 atom stereocenters. The molecule has 0 aromatic heterocycles. The van der Waals surface area contributed by atoms with Crippen LogP contribution < -0.4 is 16.0 Å². The Morgan fingerprint density at radius 1 is 0.824 bits per heavy atom. The van der Waals surface area contributed by atoms with Gasteiger partial charge < -0.3 is 21.1 Å². The lowest BCUT2D eigenvalue weighted by Crippen LogP contribution is -2.53. The lowest BCUT2D eigenvalue weighted by Gasteiger charge is -2.20. The second-order valence-corrected chi connectivity index (χ2v) is 8.22. The van der Waals surface area contributed by atoms with Crippen molar-refractivity contribution in [3.8, 4) is 0 Å². The van der Waals surface area contributed by atoms with Gasteiger partial charge in [0, 0.05) is 12.0 Å². The highest BCUT2D eigenvalue weighted by Crippen LogP contribution is 2.07. The molecule has 0 bridgehead atoms. The van der Waals surface area contributed by atoms with E-state index >= 15 is 0 Å². The van der Waals surface area contributed by atoms with Crippen LogP contribution in [0, 0.1) is 5.92 Å². The molecule has 2 aromatic rings. The van der Waals surface area contributed by atoms with Gasteiger partial charge in [0.25, 0.3) is 11.8 Å². The Morgan fingerprint density at radius 3 is 1.97 bits per heavy atom. The average molecular weight is 468 g/mol. The van der Waals surface area contributed by atoms with Crippen LogP contribution in [-0.2, 0) is 25.6 Å². The van der Waals surface area contributed by atoms with Gasteiger partial charge in [0.05, 0.1) is 6.54 Å². The summed E-state index contributed by atoms with van der Waals surface area (Å²) in [6, 6.07) is 14.6. The first-order valence-electron chi connectivity index (χ1n) is 10.9. The summed E-state index contributed by atoms with van der Waals surface area (Å²) in [5, 5.41) is 16.6. The molecule has 0 unspecified atom stereocenters. The van der Waals surface area contributed by atoms with Crippen molar-refractivity contribution in [3.63, 3.8) is 0 Å². The number of carbonyl (C=O) groups is 5. The number of aliphatic carboxylic acids is 1. The molecule has 2 rings (SSSR count). The number of rotatable bonds is 12. The van der Waals surface area contributed by atoms with Crippen molar-refractivity contribution in [1.82, 2.24) is 16.0 Å². The standard InChI is InChI=1S/C25H29N3O6/c1-16(2)13-20(25(33)34)28-24(32)22(30)19(14-17-9-5-3-6-10-17)27-21(29)15-26-23(31)18-11-7-4-8-12-18/h3-12,16,19-20H,13-15H2,1-2H3,(H,26,31)(H,27,29)(H,28,32)(H,33,34)/t19-,20-/m0/s1. The summed E-state index contributed by atoms with van der Waals surface area (Å²) in [4.78, 5) is 61.5. The van der Waals surface area contributed by atoms with Crippen LogP contribution in [0.1, 0.15) is 36.2 Å². The summed E-state index contributed by atoms with van der Waals surface area (Å²) in [5.41, 5.74) is 1.07. The van der Waals surface area contributed by atoms with Crippen molar-refractivity contribution >= 4 is 29.5 Å². The molecule has 0 aliphatic heterocycles. The minimum atomic E-state index is -1.25. The van der Waals surface area contributed by atoms with E-state index in [1.165, 1.54) is 0 Å². The Kier molecular flexibility index (Phi) is 9.94. The van der Waals surface area contributed by atoms with Crippen LogP contribution in [0.3, 0.4) is 0 Å². The molecule has 4 N–H and O–H groups in total. The number of benzene rings is 2. The Bertz CT molecular complexity index is 1010. The molecule has 3 amide bonds. The molecule has 0 aliphatic carbocycles. The van der Waals surface area contributed by atoms with Gasteiger partial charge >= 0.3 is 5.97 Å². The molecule has 0 saturated heterocycles. The number of nitrogens with one attached hydrogen (secondary N) is 3. The van der Waals surface area contributed by atoms with E-state index in [2.05, 4.69) is 16.0 Å². The van der Waals surface area contributed by atoms with Crippen LogP contribution in [0.2, 0.25) is 0 Å². The van der Waals surface area contributed by atoms with E-state index < -0.39 is 48.1 Å². The summed E-state index contributed by atoms with van der Waals surface area (Å²) >= 11 is 0. The molecule has 180 valence electrons. The summed E-state index contributed by atoms with van der Waals surface area (Å²) in [5.74, 6) is -4.46. The number of carboxylic acids is 1. The fraction of sp³-hybridized carbons (Fsp3) is 0.320. The SMILES string of the molecule is CC(C)C[C@H](NC(=O)C(=O)[C@H](Cc1ccccc1)NC(=O)CNC(=O)c1ccccc1)C(=O)O. The van der Waals surface area contributed by atoms with E-state index in [1.807, 2.05) is 0 Å². The Balaban J connectivity index is 2.08. The minimum absolute atomic E-state index is 0.0212.